The number of ether oxygens (including phenoxy) is 2. The molecule has 0 amide bonds. The molecule has 1 saturated heterocycles. The Bertz CT molecular complexity index is 325. The summed E-state index contributed by atoms with van der Waals surface area (Å²) in [6.07, 6.45) is 12.3. The molecule has 20 heavy (non-hydrogen) atoms. The summed E-state index contributed by atoms with van der Waals surface area (Å²) < 4.78 is 11.2. The van der Waals surface area contributed by atoms with Crippen LogP contribution >= 0.6 is 0 Å². The van der Waals surface area contributed by atoms with Crippen molar-refractivity contribution in [3.8, 4) is 0 Å². The fraction of sp³-hybridized carbons (Fsp3) is 0.706. The zero-order valence-corrected chi connectivity index (χ0v) is 12.9. The zero-order valence-electron chi connectivity index (χ0n) is 12.9. The van der Waals surface area contributed by atoms with Crippen molar-refractivity contribution in [1.82, 2.24) is 0 Å². The fourth-order valence-corrected chi connectivity index (χ4v) is 2.18. The molecule has 1 aliphatic heterocycles. The van der Waals surface area contributed by atoms with Gasteiger partial charge in [0.1, 0.15) is 6.29 Å². The van der Waals surface area contributed by atoms with Crippen LogP contribution in [0.15, 0.2) is 23.3 Å². The quantitative estimate of drug-likeness (QED) is 0.469. The number of carbonyl (C=O) groups excluding carboxylic acids is 1. The molecule has 114 valence electrons. The molecule has 1 aliphatic rings. The Balaban J connectivity index is 2.12. The van der Waals surface area contributed by atoms with Gasteiger partial charge in [-0.25, -0.2) is 0 Å². The van der Waals surface area contributed by atoms with Crippen LogP contribution in [0.5, 0.6) is 0 Å². The Morgan fingerprint density at radius 3 is 2.60 bits per heavy atom. The maximum atomic E-state index is 10.3. The minimum absolute atomic E-state index is 0.00159. The van der Waals surface area contributed by atoms with Crippen molar-refractivity contribution in [1.29, 1.82) is 0 Å². The van der Waals surface area contributed by atoms with Gasteiger partial charge < -0.3 is 14.3 Å². The van der Waals surface area contributed by atoms with Crippen LogP contribution in [0.1, 0.15) is 58.8 Å². The summed E-state index contributed by atoms with van der Waals surface area (Å²) in [7, 11) is 0. The van der Waals surface area contributed by atoms with Gasteiger partial charge in [0.2, 0.25) is 0 Å². The average molecular weight is 280 g/mol. The lowest BCUT2D eigenvalue weighted by Gasteiger charge is -2.22. The number of hydrogen-bond acceptors (Lipinski definition) is 3. The van der Waals surface area contributed by atoms with Crippen LogP contribution in [0.4, 0.5) is 0 Å². The maximum Gasteiger partial charge on any atom is 0.157 e. The van der Waals surface area contributed by atoms with Crippen molar-refractivity contribution in [2.45, 2.75) is 65.1 Å². The van der Waals surface area contributed by atoms with Gasteiger partial charge in [-0.15, -0.1) is 0 Å². The predicted octanol–water partition coefficient (Wildman–Crippen LogP) is 4.18. The molecule has 3 nitrogen and oxygen atoms in total. The topological polar surface area (TPSA) is 35.5 Å². The normalized spacial score (nSPS) is 21.0. The molecule has 0 spiro atoms. The average Bonchev–Trinajstić information content (AvgIpc) is 2.46. The van der Waals surface area contributed by atoms with E-state index in [0.29, 0.717) is 13.0 Å². The summed E-state index contributed by atoms with van der Waals surface area (Å²) >= 11 is 0. The van der Waals surface area contributed by atoms with E-state index >= 15 is 0 Å². The van der Waals surface area contributed by atoms with Crippen LogP contribution in [0.3, 0.4) is 0 Å². The Hall–Kier alpha value is -0.930. The van der Waals surface area contributed by atoms with Gasteiger partial charge in [-0.05, 0) is 52.4 Å². The van der Waals surface area contributed by atoms with Gasteiger partial charge >= 0.3 is 0 Å². The molecule has 1 rings (SSSR count). The van der Waals surface area contributed by atoms with Crippen LogP contribution in [0, 0.1) is 0 Å². The zero-order chi connectivity index (χ0) is 14.6. The predicted molar refractivity (Wildman–Crippen MR) is 81.6 cm³/mol. The molecule has 0 aliphatic carbocycles. The summed E-state index contributed by atoms with van der Waals surface area (Å²) in [6.45, 7) is 5.70. The molecule has 0 aromatic carbocycles. The third kappa shape index (κ3) is 8.28. The van der Waals surface area contributed by atoms with Crippen LogP contribution in [-0.2, 0) is 14.3 Å². The van der Waals surface area contributed by atoms with E-state index in [1.54, 1.807) is 0 Å². The fourth-order valence-electron chi connectivity index (χ4n) is 2.18. The minimum Gasteiger partial charge on any atom is -0.353 e. The largest absolute Gasteiger partial charge is 0.353 e. The Kier molecular flexibility index (Phi) is 9.25. The van der Waals surface area contributed by atoms with Crippen molar-refractivity contribution in [2.75, 3.05) is 13.2 Å². The third-order valence-electron chi connectivity index (χ3n) is 3.54. The molecule has 3 heteroatoms. The van der Waals surface area contributed by atoms with Crippen molar-refractivity contribution >= 4 is 6.29 Å². The summed E-state index contributed by atoms with van der Waals surface area (Å²) in [6, 6.07) is 0. The highest BCUT2D eigenvalue weighted by molar-refractivity contribution is 5.49. The lowest BCUT2D eigenvalue weighted by atomic mass is 10.1. The summed E-state index contributed by atoms with van der Waals surface area (Å²) in [5, 5.41) is 0. The lowest BCUT2D eigenvalue weighted by molar-refractivity contribution is -0.155. The van der Waals surface area contributed by atoms with E-state index < -0.39 is 0 Å². The standard InChI is InChI=1S/C17H28O3/c1-15(9-6-12-18)7-5-8-16(2)11-14-20-17-10-3-4-13-19-17/h7,11-12,17H,3-6,8-10,13-14H2,1-2H3. The van der Waals surface area contributed by atoms with E-state index in [9.17, 15) is 4.79 Å². The second-order valence-corrected chi connectivity index (χ2v) is 5.47. The smallest absolute Gasteiger partial charge is 0.157 e. The Morgan fingerprint density at radius 2 is 1.90 bits per heavy atom. The van der Waals surface area contributed by atoms with Gasteiger partial charge in [0, 0.05) is 13.0 Å². The molecule has 0 bridgehead atoms. The van der Waals surface area contributed by atoms with Crippen molar-refractivity contribution < 1.29 is 14.3 Å². The van der Waals surface area contributed by atoms with Crippen LogP contribution in [0.25, 0.3) is 0 Å². The number of hydrogen-bond donors (Lipinski definition) is 0. The third-order valence-corrected chi connectivity index (χ3v) is 3.54. The summed E-state index contributed by atoms with van der Waals surface area (Å²) in [5.74, 6) is 0. The lowest BCUT2D eigenvalue weighted by Crippen LogP contribution is -2.22. The van der Waals surface area contributed by atoms with E-state index in [1.165, 1.54) is 17.6 Å². The first-order valence-corrected chi connectivity index (χ1v) is 7.70. The van der Waals surface area contributed by atoms with Gasteiger partial charge in [0.15, 0.2) is 6.29 Å². The number of carbonyl (C=O) groups is 1. The summed E-state index contributed by atoms with van der Waals surface area (Å²) in [5.41, 5.74) is 2.65. The molecule has 0 aromatic heterocycles. The molecule has 0 saturated carbocycles. The van der Waals surface area contributed by atoms with Gasteiger partial charge in [-0.1, -0.05) is 23.3 Å². The van der Waals surface area contributed by atoms with Crippen LogP contribution < -0.4 is 0 Å². The van der Waals surface area contributed by atoms with E-state index in [1.807, 2.05) is 0 Å². The summed E-state index contributed by atoms with van der Waals surface area (Å²) in [4.78, 5) is 10.3. The van der Waals surface area contributed by atoms with Crippen LogP contribution in [0.2, 0.25) is 0 Å². The number of allylic oxidation sites excluding steroid dienone is 3. The molecule has 0 aromatic rings. The Labute approximate surface area is 123 Å². The van der Waals surface area contributed by atoms with Gasteiger partial charge in [-0.2, -0.15) is 0 Å². The first kappa shape index (κ1) is 17.1. The van der Waals surface area contributed by atoms with Crippen molar-refractivity contribution in [2.24, 2.45) is 0 Å². The van der Waals surface area contributed by atoms with E-state index in [-0.39, 0.29) is 6.29 Å². The van der Waals surface area contributed by atoms with Crippen molar-refractivity contribution in [3.63, 3.8) is 0 Å². The first-order chi connectivity index (χ1) is 9.72. The molecule has 1 atom stereocenters. The highest BCUT2D eigenvalue weighted by Crippen LogP contribution is 2.14. The van der Waals surface area contributed by atoms with Gasteiger partial charge in [-0.3, -0.25) is 0 Å². The molecule has 1 unspecified atom stereocenters. The molecular formula is C17H28O3. The molecule has 0 radical (unpaired) electrons. The molecule has 1 heterocycles. The number of aldehydes is 1. The molecule has 1 fully saturated rings. The van der Waals surface area contributed by atoms with Crippen LogP contribution in [-0.4, -0.2) is 25.8 Å². The van der Waals surface area contributed by atoms with Gasteiger partial charge in [0.25, 0.3) is 0 Å². The van der Waals surface area contributed by atoms with Gasteiger partial charge in [0.05, 0.1) is 6.61 Å². The Morgan fingerprint density at radius 1 is 1.15 bits per heavy atom. The van der Waals surface area contributed by atoms with Crippen molar-refractivity contribution in [3.05, 3.63) is 23.3 Å². The second kappa shape index (κ2) is 10.8. The molecule has 0 N–H and O–H groups in total. The van der Waals surface area contributed by atoms with E-state index in [0.717, 1.165) is 45.0 Å². The minimum atomic E-state index is -0.00159. The SMILES string of the molecule is CC(=CCCC(C)=CCOC1CCCCO1)CCC=O. The molecular weight excluding hydrogens is 252 g/mol. The number of rotatable bonds is 9. The second-order valence-electron chi connectivity index (χ2n) is 5.47. The maximum absolute atomic E-state index is 10.3. The monoisotopic (exact) mass is 280 g/mol. The highest BCUT2D eigenvalue weighted by Gasteiger charge is 2.12. The van der Waals surface area contributed by atoms with E-state index in [2.05, 4.69) is 26.0 Å². The van der Waals surface area contributed by atoms with E-state index in [4.69, 9.17) is 9.47 Å². The first-order valence-electron chi connectivity index (χ1n) is 7.70. The highest BCUT2D eigenvalue weighted by atomic mass is 16.7.